The highest BCUT2D eigenvalue weighted by Gasteiger charge is 2.06. The first-order chi connectivity index (χ1) is 9.69. The van der Waals surface area contributed by atoms with Crippen LogP contribution in [0.25, 0.3) is 0 Å². The summed E-state index contributed by atoms with van der Waals surface area (Å²) in [6, 6.07) is 12.9. The highest BCUT2D eigenvalue weighted by molar-refractivity contribution is 7.11. The molecule has 20 heavy (non-hydrogen) atoms. The number of hydrogen-bond donors (Lipinski definition) is 1. The first kappa shape index (κ1) is 14.1. The number of carbonyl (C=O) groups excluding carboxylic acids is 1. The highest BCUT2D eigenvalue weighted by Crippen LogP contribution is 2.16. The Labute approximate surface area is 121 Å². The van der Waals surface area contributed by atoms with Crippen molar-refractivity contribution >= 4 is 17.2 Å². The lowest BCUT2D eigenvalue weighted by Crippen LogP contribution is -2.28. The number of hydrogen-bond acceptors (Lipinski definition) is 4. The molecule has 0 spiro atoms. The van der Waals surface area contributed by atoms with Gasteiger partial charge in [-0.05, 0) is 31.2 Å². The molecule has 2 aromatic rings. The topological polar surface area (TPSA) is 62.1 Å². The van der Waals surface area contributed by atoms with Gasteiger partial charge in [0.2, 0.25) is 0 Å². The molecule has 0 unspecified atom stereocenters. The molecule has 0 fully saturated rings. The van der Waals surface area contributed by atoms with E-state index in [1.165, 1.54) is 4.88 Å². The quantitative estimate of drug-likeness (QED) is 0.919. The fraction of sp³-hybridized carbons (Fsp3) is 0.200. The normalized spacial score (nSPS) is 9.80. The third-order valence-corrected chi connectivity index (χ3v) is 3.62. The number of rotatable bonds is 5. The van der Waals surface area contributed by atoms with Gasteiger partial charge in [0, 0.05) is 9.75 Å². The molecule has 1 aromatic carbocycles. The van der Waals surface area contributed by atoms with Gasteiger partial charge >= 0.3 is 0 Å². The van der Waals surface area contributed by atoms with Gasteiger partial charge in [-0.2, -0.15) is 5.26 Å². The van der Waals surface area contributed by atoms with Crippen LogP contribution in [0.3, 0.4) is 0 Å². The standard InChI is InChI=1S/C15H14N2O2S/c1-11-6-7-13(20-11)9-17-15(18)10-19-14-5-3-2-4-12(14)8-16/h2-7H,9-10H2,1H3,(H,17,18). The van der Waals surface area contributed by atoms with Gasteiger partial charge in [-0.1, -0.05) is 12.1 Å². The molecule has 0 bridgehead atoms. The molecule has 0 radical (unpaired) electrons. The van der Waals surface area contributed by atoms with Gasteiger partial charge in [0.25, 0.3) is 5.91 Å². The SMILES string of the molecule is Cc1ccc(CNC(=O)COc2ccccc2C#N)s1. The Bertz CT molecular complexity index is 643. The summed E-state index contributed by atoms with van der Waals surface area (Å²) in [7, 11) is 0. The van der Waals surface area contributed by atoms with E-state index in [-0.39, 0.29) is 12.5 Å². The number of thiophene rings is 1. The van der Waals surface area contributed by atoms with Crippen molar-refractivity contribution in [3.05, 3.63) is 51.7 Å². The lowest BCUT2D eigenvalue weighted by Gasteiger charge is -2.07. The van der Waals surface area contributed by atoms with Crippen molar-refractivity contribution in [1.29, 1.82) is 5.26 Å². The van der Waals surface area contributed by atoms with Crippen molar-refractivity contribution in [2.75, 3.05) is 6.61 Å². The van der Waals surface area contributed by atoms with Crippen molar-refractivity contribution in [3.8, 4) is 11.8 Å². The fourth-order valence-corrected chi connectivity index (χ4v) is 2.48. The Kier molecular flexibility index (Phi) is 4.75. The van der Waals surface area contributed by atoms with Crippen molar-refractivity contribution in [2.45, 2.75) is 13.5 Å². The van der Waals surface area contributed by atoms with Gasteiger partial charge < -0.3 is 10.1 Å². The van der Waals surface area contributed by atoms with Crippen LogP contribution in [-0.2, 0) is 11.3 Å². The summed E-state index contributed by atoms with van der Waals surface area (Å²) < 4.78 is 5.35. The summed E-state index contributed by atoms with van der Waals surface area (Å²) in [5.74, 6) is 0.223. The van der Waals surface area contributed by atoms with Gasteiger partial charge in [0.15, 0.2) is 6.61 Å². The maximum Gasteiger partial charge on any atom is 0.258 e. The van der Waals surface area contributed by atoms with E-state index in [9.17, 15) is 4.79 Å². The number of amides is 1. The fourth-order valence-electron chi connectivity index (χ4n) is 1.65. The van der Waals surface area contributed by atoms with Crippen molar-refractivity contribution in [3.63, 3.8) is 0 Å². The van der Waals surface area contributed by atoms with Gasteiger partial charge in [0.05, 0.1) is 12.1 Å². The average molecular weight is 286 g/mol. The Hall–Kier alpha value is -2.32. The number of nitrogens with one attached hydrogen (secondary N) is 1. The number of benzene rings is 1. The average Bonchev–Trinajstić information content (AvgIpc) is 2.89. The summed E-state index contributed by atoms with van der Waals surface area (Å²) in [6.45, 7) is 2.43. The largest absolute Gasteiger partial charge is 0.482 e. The molecular weight excluding hydrogens is 272 g/mol. The molecule has 1 aromatic heterocycles. The summed E-state index contributed by atoms with van der Waals surface area (Å²) in [6.07, 6.45) is 0. The van der Waals surface area contributed by atoms with Crippen LogP contribution in [0.1, 0.15) is 15.3 Å². The molecular formula is C15H14N2O2S. The molecule has 0 saturated heterocycles. The van der Waals surface area contributed by atoms with Crippen LogP contribution in [0.4, 0.5) is 0 Å². The zero-order chi connectivity index (χ0) is 14.4. The number of carbonyl (C=O) groups is 1. The molecule has 5 heteroatoms. The van der Waals surface area contributed by atoms with E-state index in [1.54, 1.807) is 35.6 Å². The molecule has 1 amide bonds. The summed E-state index contributed by atoms with van der Waals surface area (Å²) in [5, 5.41) is 11.7. The monoisotopic (exact) mass is 286 g/mol. The number of nitrogens with zero attached hydrogens (tertiary/aromatic N) is 1. The maximum atomic E-state index is 11.7. The summed E-state index contributed by atoms with van der Waals surface area (Å²) in [4.78, 5) is 14.0. The molecule has 0 aliphatic carbocycles. The van der Waals surface area contributed by atoms with Crippen LogP contribution in [-0.4, -0.2) is 12.5 Å². The maximum absolute atomic E-state index is 11.7. The second kappa shape index (κ2) is 6.73. The summed E-state index contributed by atoms with van der Waals surface area (Å²) in [5.41, 5.74) is 0.425. The molecule has 2 rings (SSSR count). The Morgan fingerprint density at radius 2 is 2.15 bits per heavy atom. The van der Waals surface area contributed by atoms with E-state index in [4.69, 9.17) is 10.00 Å². The van der Waals surface area contributed by atoms with Crippen LogP contribution >= 0.6 is 11.3 Å². The minimum atomic E-state index is -0.205. The van der Waals surface area contributed by atoms with Gasteiger partial charge in [-0.15, -0.1) is 11.3 Å². The predicted octanol–water partition coefficient (Wildman–Crippen LogP) is 2.62. The van der Waals surface area contributed by atoms with E-state index >= 15 is 0 Å². The van der Waals surface area contributed by atoms with Gasteiger partial charge in [0.1, 0.15) is 11.8 Å². The van der Waals surface area contributed by atoms with Gasteiger partial charge in [-0.3, -0.25) is 4.79 Å². The number of ether oxygens (including phenoxy) is 1. The molecule has 0 aliphatic heterocycles. The lowest BCUT2D eigenvalue weighted by molar-refractivity contribution is -0.123. The molecule has 0 aliphatic rings. The second-order valence-corrected chi connectivity index (χ2v) is 5.56. The predicted molar refractivity (Wildman–Crippen MR) is 77.6 cm³/mol. The van der Waals surface area contributed by atoms with Crippen molar-refractivity contribution in [2.24, 2.45) is 0 Å². The third-order valence-electron chi connectivity index (χ3n) is 2.62. The van der Waals surface area contributed by atoms with Crippen molar-refractivity contribution < 1.29 is 9.53 Å². The van der Waals surface area contributed by atoms with Crippen LogP contribution in [0, 0.1) is 18.3 Å². The molecule has 0 saturated carbocycles. The number of aryl methyl sites for hydroxylation is 1. The van der Waals surface area contributed by atoms with E-state index in [0.29, 0.717) is 17.9 Å². The highest BCUT2D eigenvalue weighted by atomic mass is 32.1. The molecule has 4 nitrogen and oxygen atoms in total. The van der Waals surface area contributed by atoms with E-state index in [2.05, 4.69) is 5.32 Å². The molecule has 102 valence electrons. The summed E-state index contributed by atoms with van der Waals surface area (Å²) >= 11 is 1.65. The van der Waals surface area contributed by atoms with E-state index in [1.807, 2.05) is 25.1 Å². The third kappa shape index (κ3) is 3.84. The molecule has 1 heterocycles. The smallest absolute Gasteiger partial charge is 0.258 e. The van der Waals surface area contributed by atoms with Crippen LogP contribution in [0.2, 0.25) is 0 Å². The van der Waals surface area contributed by atoms with Crippen LogP contribution < -0.4 is 10.1 Å². The minimum Gasteiger partial charge on any atom is -0.482 e. The first-order valence-corrected chi connectivity index (χ1v) is 6.94. The Balaban J connectivity index is 1.82. The molecule has 1 N–H and O–H groups in total. The van der Waals surface area contributed by atoms with Crippen LogP contribution in [0.5, 0.6) is 5.75 Å². The first-order valence-electron chi connectivity index (χ1n) is 6.13. The zero-order valence-electron chi connectivity index (χ0n) is 11.1. The second-order valence-electron chi connectivity index (χ2n) is 4.19. The Morgan fingerprint density at radius 3 is 2.85 bits per heavy atom. The lowest BCUT2D eigenvalue weighted by atomic mass is 10.2. The molecule has 0 atom stereocenters. The minimum absolute atomic E-state index is 0.0942. The van der Waals surface area contributed by atoms with Gasteiger partial charge in [-0.25, -0.2) is 0 Å². The van der Waals surface area contributed by atoms with E-state index in [0.717, 1.165) is 4.88 Å². The van der Waals surface area contributed by atoms with Crippen molar-refractivity contribution in [1.82, 2.24) is 5.32 Å². The number of nitriles is 1. The Morgan fingerprint density at radius 1 is 1.35 bits per heavy atom. The van der Waals surface area contributed by atoms with Crippen LogP contribution in [0.15, 0.2) is 36.4 Å². The van der Waals surface area contributed by atoms with E-state index < -0.39 is 0 Å². The zero-order valence-corrected chi connectivity index (χ0v) is 11.9. The number of para-hydroxylation sites is 1.